The van der Waals surface area contributed by atoms with Crippen molar-refractivity contribution in [2.75, 3.05) is 6.54 Å². The third kappa shape index (κ3) is 1.89. The maximum Gasteiger partial charge on any atom is 0.184 e. The summed E-state index contributed by atoms with van der Waals surface area (Å²) in [6.45, 7) is 7.27. The molecular weight excluding hydrogens is 256 g/mol. The Morgan fingerprint density at radius 2 is 2.26 bits per heavy atom. The number of nitrogens with one attached hydrogen (secondary N) is 1. The number of benzene rings is 1. The largest absolute Gasteiger partial charge is 0.468 e. The molecule has 2 unspecified atom stereocenters. The zero-order valence-corrected chi connectivity index (χ0v) is 12.5. The summed E-state index contributed by atoms with van der Waals surface area (Å²) in [5.41, 5.74) is 2.27. The second-order valence-corrected chi connectivity index (χ2v) is 5.84. The van der Waals surface area contributed by atoms with Gasteiger partial charge >= 0.3 is 0 Å². The van der Waals surface area contributed by atoms with Crippen LogP contribution in [-0.4, -0.2) is 22.3 Å². The highest BCUT2D eigenvalue weighted by atomic mass is 32.1. The Labute approximate surface area is 119 Å². The Morgan fingerprint density at radius 3 is 2.95 bits per heavy atom. The van der Waals surface area contributed by atoms with Gasteiger partial charge in [0.2, 0.25) is 0 Å². The minimum absolute atomic E-state index is 0.274. The molecule has 0 aliphatic carbocycles. The van der Waals surface area contributed by atoms with Crippen LogP contribution in [0, 0.1) is 0 Å². The predicted molar refractivity (Wildman–Crippen MR) is 80.3 cm³/mol. The van der Waals surface area contributed by atoms with E-state index in [1.54, 1.807) is 0 Å². The fraction of sp³-hybridized carbons (Fsp3) is 0.533. The van der Waals surface area contributed by atoms with E-state index in [1.165, 1.54) is 11.1 Å². The minimum atomic E-state index is -0.317. The molecule has 1 aromatic rings. The number of nitrogens with zero attached hydrogens (tertiary/aromatic N) is 1. The van der Waals surface area contributed by atoms with E-state index in [4.69, 9.17) is 17.0 Å². The Bertz CT molecular complexity index is 531. The zero-order chi connectivity index (χ0) is 13.6. The summed E-state index contributed by atoms with van der Waals surface area (Å²) in [7, 11) is 0. The molecule has 2 atom stereocenters. The Hall–Kier alpha value is -1.29. The van der Waals surface area contributed by atoms with Crippen LogP contribution < -0.4 is 10.1 Å². The minimum Gasteiger partial charge on any atom is -0.468 e. The van der Waals surface area contributed by atoms with Gasteiger partial charge in [-0.05, 0) is 44.1 Å². The number of ether oxygens (including phenoxy) is 1. The zero-order valence-electron chi connectivity index (χ0n) is 11.7. The van der Waals surface area contributed by atoms with E-state index in [2.05, 4.69) is 49.2 Å². The average Bonchev–Trinajstić information content (AvgIpc) is 2.38. The van der Waals surface area contributed by atoms with Crippen LogP contribution in [0.4, 0.5) is 0 Å². The smallest absolute Gasteiger partial charge is 0.184 e. The second-order valence-electron chi connectivity index (χ2n) is 5.45. The van der Waals surface area contributed by atoms with Crippen molar-refractivity contribution in [1.82, 2.24) is 10.2 Å². The number of fused-ring (bicyclic) bond motifs is 4. The van der Waals surface area contributed by atoms with Crippen molar-refractivity contribution in [3.63, 3.8) is 0 Å². The van der Waals surface area contributed by atoms with Crippen LogP contribution in [0.1, 0.15) is 44.4 Å². The van der Waals surface area contributed by atoms with E-state index in [0.29, 0.717) is 0 Å². The van der Waals surface area contributed by atoms with Crippen LogP contribution in [-0.2, 0) is 6.42 Å². The number of hydrogen-bond acceptors (Lipinski definition) is 2. The van der Waals surface area contributed by atoms with Gasteiger partial charge in [0.1, 0.15) is 5.75 Å². The number of rotatable bonds is 2. The van der Waals surface area contributed by atoms with Crippen LogP contribution in [0.2, 0.25) is 0 Å². The van der Waals surface area contributed by atoms with Crippen molar-refractivity contribution in [3.8, 4) is 5.75 Å². The molecule has 4 heteroatoms. The Kier molecular flexibility index (Phi) is 2.93. The van der Waals surface area contributed by atoms with Gasteiger partial charge < -0.3 is 15.0 Å². The average molecular weight is 276 g/mol. The lowest BCUT2D eigenvalue weighted by atomic mass is 9.89. The van der Waals surface area contributed by atoms with Crippen LogP contribution in [0.5, 0.6) is 5.75 Å². The van der Waals surface area contributed by atoms with Crippen LogP contribution in [0.15, 0.2) is 18.2 Å². The van der Waals surface area contributed by atoms with Crippen LogP contribution >= 0.6 is 12.2 Å². The fourth-order valence-electron chi connectivity index (χ4n) is 3.16. The van der Waals surface area contributed by atoms with Gasteiger partial charge in [0.15, 0.2) is 10.8 Å². The molecule has 2 aliphatic rings. The molecule has 0 saturated carbocycles. The van der Waals surface area contributed by atoms with Gasteiger partial charge in [0.05, 0.1) is 6.04 Å². The quantitative estimate of drug-likeness (QED) is 0.839. The molecular formula is C15H20N2OS. The highest BCUT2D eigenvalue weighted by Gasteiger charge is 2.46. The van der Waals surface area contributed by atoms with Crippen molar-refractivity contribution in [2.24, 2.45) is 0 Å². The highest BCUT2D eigenvalue weighted by molar-refractivity contribution is 7.80. The maximum atomic E-state index is 6.26. The lowest BCUT2D eigenvalue weighted by Crippen LogP contribution is -2.64. The lowest BCUT2D eigenvalue weighted by Gasteiger charge is -2.52. The predicted octanol–water partition coefficient (Wildman–Crippen LogP) is 3.00. The molecule has 1 aromatic carbocycles. The number of thiocarbonyl (C=S) groups is 1. The third-order valence-electron chi connectivity index (χ3n) is 4.20. The molecule has 3 rings (SSSR count). The molecule has 3 nitrogen and oxygen atoms in total. The summed E-state index contributed by atoms with van der Waals surface area (Å²) in [6.07, 6.45) is 1.98. The molecule has 2 bridgehead atoms. The second kappa shape index (κ2) is 4.37. The first kappa shape index (κ1) is 12.7. The van der Waals surface area contributed by atoms with Crippen LogP contribution in [0.25, 0.3) is 0 Å². The number of aryl methyl sites for hydroxylation is 1. The lowest BCUT2D eigenvalue weighted by molar-refractivity contribution is -0.0658. The maximum absolute atomic E-state index is 6.26. The highest BCUT2D eigenvalue weighted by Crippen LogP contribution is 2.44. The monoisotopic (exact) mass is 276 g/mol. The molecule has 0 aromatic heterocycles. The molecule has 0 radical (unpaired) electrons. The molecule has 102 valence electrons. The third-order valence-corrected chi connectivity index (χ3v) is 4.54. The summed E-state index contributed by atoms with van der Waals surface area (Å²) >= 11 is 5.48. The van der Waals surface area contributed by atoms with E-state index in [-0.39, 0.29) is 11.8 Å². The normalized spacial score (nSPS) is 28.5. The van der Waals surface area contributed by atoms with Gasteiger partial charge in [-0.15, -0.1) is 0 Å². The van der Waals surface area contributed by atoms with Gasteiger partial charge in [-0.25, -0.2) is 0 Å². The van der Waals surface area contributed by atoms with Gasteiger partial charge in [-0.3, -0.25) is 0 Å². The Morgan fingerprint density at radius 1 is 1.47 bits per heavy atom. The van der Waals surface area contributed by atoms with E-state index in [0.717, 1.165) is 30.2 Å². The first-order valence-corrected chi connectivity index (χ1v) is 7.38. The molecule has 2 aliphatic heterocycles. The fourth-order valence-corrected chi connectivity index (χ4v) is 3.63. The van der Waals surface area contributed by atoms with Crippen molar-refractivity contribution in [2.45, 2.75) is 45.4 Å². The van der Waals surface area contributed by atoms with Crippen molar-refractivity contribution < 1.29 is 4.74 Å². The van der Waals surface area contributed by atoms with E-state index in [1.807, 2.05) is 0 Å². The van der Waals surface area contributed by atoms with Gasteiger partial charge in [-0.1, -0.05) is 19.1 Å². The van der Waals surface area contributed by atoms with Crippen LogP contribution in [0.3, 0.4) is 0 Å². The molecule has 2 heterocycles. The standard InChI is InChI=1S/C15H20N2OS/c1-4-10-6-7-13-11(8-10)12-9-15(3,18-13)17(5-2)14(19)16-12/h6-8,12H,4-5,9H2,1-3H3,(H,16,19). The molecule has 1 fully saturated rings. The first-order chi connectivity index (χ1) is 9.07. The first-order valence-electron chi connectivity index (χ1n) is 6.97. The summed E-state index contributed by atoms with van der Waals surface area (Å²) in [6, 6.07) is 6.77. The molecule has 1 saturated heterocycles. The molecule has 0 amide bonds. The van der Waals surface area contributed by atoms with Gasteiger partial charge in [0.25, 0.3) is 0 Å². The molecule has 0 spiro atoms. The summed E-state index contributed by atoms with van der Waals surface area (Å²) in [5.74, 6) is 0.990. The van der Waals surface area contributed by atoms with Gasteiger partial charge in [-0.2, -0.15) is 0 Å². The van der Waals surface area contributed by atoms with Crippen molar-refractivity contribution in [1.29, 1.82) is 0 Å². The van der Waals surface area contributed by atoms with Gasteiger partial charge in [0, 0.05) is 18.5 Å². The summed E-state index contributed by atoms with van der Waals surface area (Å²) in [5, 5.41) is 4.26. The summed E-state index contributed by atoms with van der Waals surface area (Å²) < 4.78 is 6.26. The van der Waals surface area contributed by atoms with E-state index >= 15 is 0 Å². The molecule has 19 heavy (non-hydrogen) atoms. The Balaban J connectivity index is 2.05. The van der Waals surface area contributed by atoms with Crippen molar-refractivity contribution >= 4 is 17.3 Å². The molecule has 1 N–H and O–H groups in total. The van der Waals surface area contributed by atoms with Crippen molar-refractivity contribution in [3.05, 3.63) is 29.3 Å². The number of hydrogen-bond donors (Lipinski definition) is 1. The van der Waals surface area contributed by atoms with E-state index in [9.17, 15) is 0 Å². The topological polar surface area (TPSA) is 24.5 Å². The SMILES string of the molecule is CCc1ccc2c(c1)C1CC(C)(O2)N(CC)C(=S)N1. The van der Waals surface area contributed by atoms with E-state index < -0.39 is 0 Å². The summed E-state index contributed by atoms with van der Waals surface area (Å²) in [4.78, 5) is 2.13.